The van der Waals surface area contributed by atoms with Gasteiger partial charge in [0, 0.05) is 5.57 Å². The molecule has 0 rings (SSSR count). The van der Waals surface area contributed by atoms with Crippen LogP contribution in [0.25, 0.3) is 0 Å². The summed E-state index contributed by atoms with van der Waals surface area (Å²) in [5.74, 6) is -0.604. The van der Waals surface area contributed by atoms with Crippen molar-refractivity contribution in [2.24, 2.45) is 11.7 Å². The van der Waals surface area contributed by atoms with Crippen LogP contribution in [0.5, 0.6) is 0 Å². The van der Waals surface area contributed by atoms with Crippen molar-refractivity contribution >= 4 is 12.1 Å². The minimum atomic E-state index is -0.935. The zero-order valence-corrected chi connectivity index (χ0v) is 9.61. The number of amides is 1. The highest BCUT2D eigenvalue weighted by Crippen LogP contribution is 2.03. The molecule has 0 saturated carbocycles. The largest absolute Gasteiger partial charge is 0.478 e. The molecule has 0 heterocycles. The molecule has 88 valence electrons. The van der Waals surface area contributed by atoms with Gasteiger partial charge < -0.3 is 15.6 Å². The lowest BCUT2D eigenvalue weighted by Crippen LogP contribution is -2.24. The number of ether oxygens (including phenoxy) is 1. The molecule has 0 aliphatic heterocycles. The molecule has 1 amide bonds. The maximum absolute atomic E-state index is 10.1. The van der Waals surface area contributed by atoms with Crippen molar-refractivity contribution in [1.29, 1.82) is 0 Å². The molecule has 1 unspecified atom stereocenters. The third-order valence-corrected chi connectivity index (χ3v) is 1.61. The standard InChI is InChI=1S/C6H13NO2.C4H6O2/c1-4(2)5(3)9-6(7)8;1-3(2)4(5)6/h4-5H,1-3H3,(H2,7,8);1H2,2H3,(H,5,6). The molecule has 0 spiro atoms. The van der Waals surface area contributed by atoms with Crippen LogP contribution in [0.1, 0.15) is 27.7 Å². The highest BCUT2D eigenvalue weighted by atomic mass is 16.6. The SMILES string of the molecule is C=C(C)C(=O)O.CC(C)C(C)OC(N)=O. The number of aliphatic carboxylic acids is 1. The normalized spacial score (nSPS) is 11.0. The zero-order chi connectivity index (χ0) is 12.6. The number of primary amides is 1. The molecule has 0 aromatic heterocycles. The summed E-state index contributed by atoms with van der Waals surface area (Å²) in [6.07, 6.45) is -0.779. The third kappa shape index (κ3) is 12.5. The van der Waals surface area contributed by atoms with Gasteiger partial charge in [-0.25, -0.2) is 9.59 Å². The number of carboxylic acids is 1. The van der Waals surface area contributed by atoms with Crippen molar-refractivity contribution in [3.8, 4) is 0 Å². The Morgan fingerprint density at radius 1 is 1.33 bits per heavy atom. The van der Waals surface area contributed by atoms with Gasteiger partial charge in [0.15, 0.2) is 0 Å². The summed E-state index contributed by atoms with van der Waals surface area (Å²) in [7, 11) is 0. The van der Waals surface area contributed by atoms with E-state index in [0.29, 0.717) is 5.92 Å². The lowest BCUT2D eigenvalue weighted by molar-refractivity contribution is -0.132. The van der Waals surface area contributed by atoms with Crippen molar-refractivity contribution in [2.75, 3.05) is 0 Å². The van der Waals surface area contributed by atoms with Gasteiger partial charge in [0.25, 0.3) is 0 Å². The van der Waals surface area contributed by atoms with Crippen molar-refractivity contribution in [3.05, 3.63) is 12.2 Å². The molecule has 0 bridgehead atoms. The molecule has 0 aromatic carbocycles. The van der Waals surface area contributed by atoms with Crippen molar-refractivity contribution in [1.82, 2.24) is 0 Å². The van der Waals surface area contributed by atoms with Crippen LogP contribution in [0.4, 0.5) is 4.79 Å². The van der Waals surface area contributed by atoms with Gasteiger partial charge >= 0.3 is 12.1 Å². The topological polar surface area (TPSA) is 89.6 Å². The predicted molar refractivity (Wildman–Crippen MR) is 57.4 cm³/mol. The molecule has 0 fully saturated rings. The number of nitrogens with two attached hydrogens (primary N) is 1. The average molecular weight is 217 g/mol. The molecule has 0 aliphatic rings. The van der Waals surface area contributed by atoms with Gasteiger partial charge in [-0.2, -0.15) is 0 Å². The van der Waals surface area contributed by atoms with E-state index in [1.165, 1.54) is 6.92 Å². The fourth-order valence-electron chi connectivity index (χ4n) is 0.319. The van der Waals surface area contributed by atoms with Crippen molar-refractivity contribution in [3.63, 3.8) is 0 Å². The first-order chi connectivity index (χ1) is 6.68. The summed E-state index contributed by atoms with van der Waals surface area (Å²) < 4.78 is 4.65. The smallest absolute Gasteiger partial charge is 0.404 e. The van der Waals surface area contributed by atoms with Gasteiger partial charge in [-0.3, -0.25) is 0 Å². The minimum absolute atomic E-state index is 0.0810. The molecular weight excluding hydrogens is 198 g/mol. The number of carboxylic acid groups (broad SMARTS) is 1. The Morgan fingerprint density at radius 3 is 1.73 bits per heavy atom. The summed E-state index contributed by atoms with van der Waals surface area (Å²) in [6, 6.07) is 0. The van der Waals surface area contributed by atoms with Gasteiger partial charge in [0.05, 0.1) is 0 Å². The Hall–Kier alpha value is -1.52. The van der Waals surface area contributed by atoms with Gasteiger partial charge in [-0.1, -0.05) is 20.4 Å². The van der Waals surface area contributed by atoms with Gasteiger partial charge in [-0.15, -0.1) is 0 Å². The van der Waals surface area contributed by atoms with Gasteiger partial charge in [0.2, 0.25) is 0 Å². The fourth-order valence-corrected chi connectivity index (χ4v) is 0.319. The number of hydrogen-bond acceptors (Lipinski definition) is 3. The second-order valence-corrected chi connectivity index (χ2v) is 3.47. The Bertz CT molecular complexity index is 224. The van der Waals surface area contributed by atoms with E-state index >= 15 is 0 Å². The van der Waals surface area contributed by atoms with Crippen LogP contribution >= 0.6 is 0 Å². The molecule has 0 radical (unpaired) electrons. The first-order valence-corrected chi connectivity index (χ1v) is 4.53. The lowest BCUT2D eigenvalue weighted by Gasteiger charge is -2.13. The van der Waals surface area contributed by atoms with E-state index in [4.69, 9.17) is 10.8 Å². The highest BCUT2D eigenvalue weighted by molar-refractivity contribution is 5.84. The number of carbonyl (C=O) groups is 2. The van der Waals surface area contributed by atoms with E-state index in [-0.39, 0.29) is 11.7 Å². The molecule has 0 aliphatic carbocycles. The van der Waals surface area contributed by atoms with E-state index in [1.54, 1.807) is 0 Å². The van der Waals surface area contributed by atoms with E-state index in [9.17, 15) is 9.59 Å². The van der Waals surface area contributed by atoms with Crippen LogP contribution in [0.3, 0.4) is 0 Å². The minimum Gasteiger partial charge on any atom is -0.478 e. The van der Waals surface area contributed by atoms with Crippen LogP contribution in [0.15, 0.2) is 12.2 Å². The summed E-state index contributed by atoms with van der Waals surface area (Å²) in [5, 5.41) is 7.89. The van der Waals surface area contributed by atoms with Crippen LogP contribution in [-0.4, -0.2) is 23.3 Å². The second-order valence-electron chi connectivity index (χ2n) is 3.47. The molecule has 3 N–H and O–H groups in total. The van der Waals surface area contributed by atoms with Crippen molar-refractivity contribution in [2.45, 2.75) is 33.8 Å². The van der Waals surface area contributed by atoms with E-state index in [2.05, 4.69) is 11.3 Å². The zero-order valence-electron chi connectivity index (χ0n) is 9.61. The first kappa shape index (κ1) is 15.9. The van der Waals surface area contributed by atoms with Crippen LogP contribution in [-0.2, 0) is 9.53 Å². The monoisotopic (exact) mass is 217 g/mol. The molecule has 0 aromatic rings. The van der Waals surface area contributed by atoms with Crippen LogP contribution < -0.4 is 5.73 Å². The predicted octanol–water partition coefficient (Wildman–Crippen LogP) is 1.77. The maximum atomic E-state index is 10.1. The molecule has 5 nitrogen and oxygen atoms in total. The van der Waals surface area contributed by atoms with Crippen LogP contribution in [0.2, 0.25) is 0 Å². The second kappa shape index (κ2) is 7.84. The number of hydrogen-bond donors (Lipinski definition) is 2. The summed E-state index contributed by atoms with van der Waals surface area (Å²) in [5.41, 5.74) is 4.95. The van der Waals surface area contributed by atoms with Gasteiger partial charge in [-0.05, 0) is 19.8 Å². The molecule has 15 heavy (non-hydrogen) atoms. The van der Waals surface area contributed by atoms with E-state index in [1.807, 2.05) is 20.8 Å². The molecule has 0 saturated heterocycles. The van der Waals surface area contributed by atoms with Crippen molar-refractivity contribution < 1.29 is 19.4 Å². The van der Waals surface area contributed by atoms with E-state index in [0.717, 1.165) is 0 Å². The molecule has 1 atom stereocenters. The summed E-state index contributed by atoms with van der Waals surface area (Å²) in [4.78, 5) is 19.7. The molecular formula is C10H19NO4. The number of carbonyl (C=O) groups excluding carboxylic acids is 1. The Morgan fingerprint density at radius 2 is 1.67 bits per heavy atom. The fraction of sp³-hybridized carbons (Fsp3) is 0.600. The summed E-state index contributed by atoms with van der Waals surface area (Å²) in [6.45, 7) is 10.3. The highest BCUT2D eigenvalue weighted by Gasteiger charge is 2.08. The summed E-state index contributed by atoms with van der Waals surface area (Å²) >= 11 is 0. The van der Waals surface area contributed by atoms with E-state index < -0.39 is 12.1 Å². The quantitative estimate of drug-likeness (QED) is 0.705. The Kier molecular flexibility index (Phi) is 8.33. The maximum Gasteiger partial charge on any atom is 0.404 e. The lowest BCUT2D eigenvalue weighted by atomic mass is 10.1. The van der Waals surface area contributed by atoms with Crippen LogP contribution in [0, 0.1) is 5.92 Å². The Balaban J connectivity index is 0. The Labute approximate surface area is 89.9 Å². The van der Waals surface area contributed by atoms with Gasteiger partial charge in [0.1, 0.15) is 6.10 Å². The third-order valence-electron chi connectivity index (χ3n) is 1.61. The molecule has 5 heteroatoms. The first-order valence-electron chi connectivity index (χ1n) is 4.53. The number of rotatable bonds is 3. The average Bonchev–Trinajstić information content (AvgIpc) is 2.03.